The van der Waals surface area contributed by atoms with Gasteiger partial charge in [-0.1, -0.05) is 28.1 Å². The van der Waals surface area contributed by atoms with E-state index in [0.29, 0.717) is 5.75 Å². The van der Waals surface area contributed by atoms with Gasteiger partial charge >= 0.3 is 0 Å². The summed E-state index contributed by atoms with van der Waals surface area (Å²) in [6, 6.07) is 11.7. The number of hydrogen-bond donors (Lipinski definition) is 1. The predicted molar refractivity (Wildman–Crippen MR) is 103 cm³/mol. The third kappa shape index (κ3) is 4.02. The Kier molecular flexibility index (Phi) is 5.71. The second-order valence-electron chi connectivity index (χ2n) is 6.05. The van der Waals surface area contributed by atoms with Gasteiger partial charge in [-0.25, -0.2) is 0 Å². The topological polar surface area (TPSA) is 45.2 Å². The van der Waals surface area contributed by atoms with Gasteiger partial charge in [-0.2, -0.15) is 0 Å². The van der Waals surface area contributed by atoms with Crippen molar-refractivity contribution >= 4 is 21.6 Å². The van der Waals surface area contributed by atoms with Crippen molar-refractivity contribution in [2.75, 3.05) is 45.3 Å². The molecule has 1 aliphatic rings. The number of ether oxygens (including phenoxy) is 2. The first kappa shape index (κ1) is 17.9. The average molecular weight is 407 g/mol. The van der Waals surface area contributed by atoms with E-state index in [1.807, 2.05) is 24.3 Å². The zero-order valence-corrected chi connectivity index (χ0v) is 16.1. The number of hydrogen-bond acceptors (Lipinski definition) is 5. The highest BCUT2D eigenvalue weighted by atomic mass is 79.9. The molecule has 0 radical (unpaired) electrons. The van der Waals surface area contributed by atoms with E-state index in [2.05, 4.69) is 31.8 Å². The Morgan fingerprint density at radius 2 is 1.68 bits per heavy atom. The number of methoxy groups -OCH3 is 2. The van der Waals surface area contributed by atoms with Gasteiger partial charge in [0.2, 0.25) is 0 Å². The summed E-state index contributed by atoms with van der Waals surface area (Å²) < 4.78 is 11.6. The molecule has 1 N–H and O–H groups in total. The van der Waals surface area contributed by atoms with Gasteiger partial charge < -0.3 is 19.5 Å². The van der Waals surface area contributed by atoms with Crippen LogP contribution >= 0.6 is 15.9 Å². The molecule has 0 unspecified atom stereocenters. The molecule has 2 aromatic rings. The van der Waals surface area contributed by atoms with E-state index in [4.69, 9.17) is 9.47 Å². The molecule has 3 rings (SSSR count). The van der Waals surface area contributed by atoms with Crippen molar-refractivity contribution in [1.29, 1.82) is 0 Å². The monoisotopic (exact) mass is 406 g/mol. The van der Waals surface area contributed by atoms with Crippen molar-refractivity contribution in [2.45, 2.75) is 6.54 Å². The summed E-state index contributed by atoms with van der Waals surface area (Å²) in [5, 5.41) is 10.0. The zero-order chi connectivity index (χ0) is 17.8. The molecule has 0 saturated carbocycles. The van der Waals surface area contributed by atoms with Crippen LogP contribution in [0.5, 0.6) is 17.2 Å². The molecule has 0 bridgehead atoms. The van der Waals surface area contributed by atoms with Crippen LogP contribution in [-0.4, -0.2) is 50.4 Å². The predicted octanol–water partition coefficient (Wildman–Crippen LogP) is 3.49. The third-order valence-electron chi connectivity index (χ3n) is 4.54. The SMILES string of the molecule is COc1cc(Br)c(CN2CCN(c3ccccc3OC)CC2)cc1O. The van der Waals surface area contributed by atoms with Gasteiger partial charge in [-0.15, -0.1) is 0 Å². The highest BCUT2D eigenvalue weighted by Gasteiger charge is 2.20. The highest BCUT2D eigenvalue weighted by Crippen LogP contribution is 2.33. The van der Waals surface area contributed by atoms with Crippen LogP contribution in [0.1, 0.15) is 5.56 Å². The second kappa shape index (κ2) is 7.97. The molecule has 0 atom stereocenters. The quantitative estimate of drug-likeness (QED) is 0.822. The molecule has 0 spiro atoms. The maximum atomic E-state index is 10.0. The van der Waals surface area contributed by atoms with Crippen LogP contribution < -0.4 is 14.4 Å². The minimum Gasteiger partial charge on any atom is -0.504 e. The summed E-state index contributed by atoms with van der Waals surface area (Å²) >= 11 is 3.57. The number of benzene rings is 2. The number of anilines is 1. The van der Waals surface area contributed by atoms with Crippen LogP contribution in [0, 0.1) is 0 Å². The van der Waals surface area contributed by atoms with Crippen molar-refractivity contribution in [3.05, 3.63) is 46.4 Å². The minimum atomic E-state index is 0.174. The first-order chi connectivity index (χ1) is 12.1. The normalized spacial score (nSPS) is 15.2. The lowest BCUT2D eigenvalue weighted by atomic mass is 10.1. The lowest BCUT2D eigenvalue weighted by Gasteiger charge is -2.36. The lowest BCUT2D eigenvalue weighted by molar-refractivity contribution is 0.248. The molecule has 5 nitrogen and oxygen atoms in total. The van der Waals surface area contributed by atoms with Gasteiger partial charge in [0.05, 0.1) is 19.9 Å². The van der Waals surface area contributed by atoms with E-state index in [0.717, 1.165) is 54.2 Å². The molecular formula is C19H23BrN2O3. The molecule has 1 aliphatic heterocycles. The third-order valence-corrected chi connectivity index (χ3v) is 5.28. The van der Waals surface area contributed by atoms with Gasteiger partial charge in [-0.3, -0.25) is 4.90 Å². The Balaban J connectivity index is 1.64. The number of halogens is 1. The standard InChI is InChI=1S/C19H23BrN2O3/c1-24-18-6-4-3-5-16(18)22-9-7-21(8-10-22)13-14-11-17(23)19(25-2)12-15(14)20/h3-6,11-12,23H,7-10,13H2,1-2H3. The van der Waals surface area contributed by atoms with Crippen molar-refractivity contribution in [1.82, 2.24) is 4.90 Å². The van der Waals surface area contributed by atoms with Gasteiger partial charge in [0.25, 0.3) is 0 Å². The summed E-state index contributed by atoms with van der Waals surface area (Å²) in [5.41, 5.74) is 2.21. The van der Waals surface area contributed by atoms with Crippen molar-refractivity contribution in [3.63, 3.8) is 0 Å². The Morgan fingerprint density at radius 3 is 2.36 bits per heavy atom. The molecule has 25 heavy (non-hydrogen) atoms. The molecule has 6 heteroatoms. The summed E-state index contributed by atoms with van der Waals surface area (Å²) in [4.78, 5) is 4.74. The second-order valence-corrected chi connectivity index (χ2v) is 6.90. The highest BCUT2D eigenvalue weighted by molar-refractivity contribution is 9.10. The first-order valence-electron chi connectivity index (χ1n) is 8.28. The lowest BCUT2D eigenvalue weighted by Crippen LogP contribution is -2.46. The van der Waals surface area contributed by atoms with Crippen molar-refractivity contribution < 1.29 is 14.6 Å². The molecule has 0 aliphatic carbocycles. The van der Waals surface area contributed by atoms with Crippen LogP contribution in [0.4, 0.5) is 5.69 Å². The summed E-state index contributed by atoms with van der Waals surface area (Å²) in [6.07, 6.45) is 0. The van der Waals surface area contributed by atoms with E-state index >= 15 is 0 Å². The van der Waals surface area contributed by atoms with Crippen LogP contribution in [0.25, 0.3) is 0 Å². The maximum Gasteiger partial charge on any atom is 0.161 e. The molecular weight excluding hydrogens is 384 g/mol. The first-order valence-corrected chi connectivity index (χ1v) is 9.07. The van der Waals surface area contributed by atoms with E-state index in [9.17, 15) is 5.11 Å². The maximum absolute atomic E-state index is 10.0. The minimum absolute atomic E-state index is 0.174. The molecule has 0 amide bonds. The van der Waals surface area contributed by atoms with Crippen molar-refractivity contribution in [2.24, 2.45) is 0 Å². The van der Waals surface area contributed by atoms with E-state index in [-0.39, 0.29) is 5.75 Å². The Bertz CT molecular complexity index is 731. The van der Waals surface area contributed by atoms with E-state index in [1.165, 1.54) is 0 Å². The molecule has 2 aromatic carbocycles. The number of phenolic OH excluding ortho intramolecular Hbond substituents is 1. The molecule has 1 heterocycles. The Labute approximate surface area is 156 Å². The zero-order valence-electron chi connectivity index (χ0n) is 14.5. The molecule has 1 saturated heterocycles. The Morgan fingerprint density at radius 1 is 1.00 bits per heavy atom. The molecule has 1 fully saturated rings. The number of nitrogens with zero attached hydrogens (tertiary/aromatic N) is 2. The van der Waals surface area contributed by atoms with Gasteiger partial charge in [0.1, 0.15) is 5.75 Å². The summed E-state index contributed by atoms with van der Waals surface area (Å²) in [7, 11) is 3.26. The number of phenols is 1. The smallest absolute Gasteiger partial charge is 0.161 e. The number of rotatable bonds is 5. The average Bonchev–Trinajstić information content (AvgIpc) is 2.65. The van der Waals surface area contributed by atoms with Crippen LogP contribution in [0.3, 0.4) is 0 Å². The number of para-hydroxylation sites is 2. The fourth-order valence-electron chi connectivity index (χ4n) is 3.15. The van der Waals surface area contributed by atoms with Gasteiger partial charge in [-0.05, 0) is 29.8 Å². The van der Waals surface area contributed by atoms with E-state index in [1.54, 1.807) is 20.3 Å². The number of aromatic hydroxyl groups is 1. The van der Waals surface area contributed by atoms with E-state index < -0.39 is 0 Å². The fourth-order valence-corrected chi connectivity index (χ4v) is 3.60. The fraction of sp³-hybridized carbons (Fsp3) is 0.368. The van der Waals surface area contributed by atoms with Crippen molar-refractivity contribution in [3.8, 4) is 17.2 Å². The van der Waals surface area contributed by atoms with Crippen LogP contribution in [-0.2, 0) is 6.54 Å². The largest absolute Gasteiger partial charge is 0.504 e. The van der Waals surface area contributed by atoms with Gasteiger partial charge in [0, 0.05) is 37.2 Å². The Hall–Kier alpha value is -1.92. The van der Waals surface area contributed by atoms with Crippen LogP contribution in [0.2, 0.25) is 0 Å². The molecule has 134 valence electrons. The van der Waals surface area contributed by atoms with Gasteiger partial charge in [0.15, 0.2) is 11.5 Å². The summed E-state index contributed by atoms with van der Waals surface area (Å²) in [5.74, 6) is 1.57. The number of piperazine rings is 1. The molecule has 0 aromatic heterocycles. The summed E-state index contributed by atoms with van der Waals surface area (Å²) in [6.45, 7) is 4.59. The van der Waals surface area contributed by atoms with Crippen LogP contribution in [0.15, 0.2) is 40.9 Å².